The van der Waals surface area contributed by atoms with E-state index in [0.29, 0.717) is 11.1 Å². The number of hydrogen-bond acceptors (Lipinski definition) is 4. The largest absolute Gasteiger partial charge is 0.381 e. The van der Waals surface area contributed by atoms with Gasteiger partial charge in [0, 0.05) is 37.8 Å². The van der Waals surface area contributed by atoms with Gasteiger partial charge in [0.25, 0.3) is 0 Å². The van der Waals surface area contributed by atoms with Crippen molar-refractivity contribution < 1.29 is 4.74 Å². The molecule has 4 nitrogen and oxygen atoms in total. The van der Waals surface area contributed by atoms with Gasteiger partial charge < -0.3 is 10.1 Å². The Morgan fingerprint density at radius 3 is 2.81 bits per heavy atom. The second-order valence-corrected chi connectivity index (χ2v) is 4.65. The maximum atomic E-state index is 6.17. The van der Waals surface area contributed by atoms with Crippen LogP contribution < -0.4 is 5.32 Å². The third-order valence-electron chi connectivity index (χ3n) is 3.24. The summed E-state index contributed by atoms with van der Waals surface area (Å²) in [6.07, 6.45) is 2.01. The van der Waals surface area contributed by atoms with E-state index in [2.05, 4.69) is 15.3 Å². The van der Waals surface area contributed by atoms with Gasteiger partial charge in [-0.15, -0.1) is 0 Å². The van der Waals surface area contributed by atoms with Gasteiger partial charge >= 0.3 is 0 Å². The number of rotatable bonds is 1. The molecule has 86 valence electrons. The molecule has 0 saturated carbocycles. The van der Waals surface area contributed by atoms with Crippen LogP contribution in [-0.2, 0) is 17.8 Å². The van der Waals surface area contributed by atoms with E-state index in [1.165, 1.54) is 0 Å². The molecule has 3 heterocycles. The smallest absolute Gasteiger partial charge is 0.137 e. The van der Waals surface area contributed by atoms with Crippen molar-refractivity contribution in [1.82, 2.24) is 15.3 Å². The van der Waals surface area contributed by atoms with Gasteiger partial charge in [-0.05, 0) is 12.8 Å². The highest BCUT2D eigenvalue weighted by molar-refractivity contribution is 6.30. The van der Waals surface area contributed by atoms with Crippen LogP contribution in [-0.4, -0.2) is 23.2 Å². The van der Waals surface area contributed by atoms with Crippen LogP contribution in [0.15, 0.2) is 0 Å². The van der Waals surface area contributed by atoms with Crippen LogP contribution in [0, 0.1) is 0 Å². The van der Waals surface area contributed by atoms with Crippen LogP contribution in [0.3, 0.4) is 0 Å². The number of halogens is 1. The molecule has 2 aliphatic rings. The molecule has 1 aromatic rings. The molecule has 1 aromatic heterocycles. The van der Waals surface area contributed by atoms with Crippen LogP contribution in [0.4, 0.5) is 0 Å². The zero-order valence-corrected chi connectivity index (χ0v) is 9.76. The molecule has 16 heavy (non-hydrogen) atoms. The number of fused-ring (bicyclic) bond motifs is 1. The average Bonchev–Trinajstić information content (AvgIpc) is 2.79. The minimum Gasteiger partial charge on any atom is -0.381 e. The first-order chi connectivity index (χ1) is 7.84. The van der Waals surface area contributed by atoms with Crippen molar-refractivity contribution in [2.75, 3.05) is 13.2 Å². The molecule has 0 bridgehead atoms. The molecule has 0 aliphatic carbocycles. The van der Waals surface area contributed by atoms with Gasteiger partial charge in [0.1, 0.15) is 11.0 Å². The van der Waals surface area contributed by atoms with Crippen LogP contribution in [0.5, 0.6) is 0 Å². The van der Waals surface area contributed by atoms with Gasteiger partial charge in [-0.1, -0.05) is 11.6 Å². The topological polar surface area (TPSA) is 47.0 Å². The molecule has 1 saturated heterocycles. The van der Waals surface area contributed by atoms with Gasteiger partial charge in [0.05, 0.1) is 5.69 Å². The normalized spacial score (nSPS) is 21.1. The fourth-order valence-corrected chi connectivity index (χ4v) is 2.55. The van der Waals surface area contributed by atoms with E-state index < -0.39 is 0 Å². The SMILES string of the molecule is Clc1nc(C2CCOCC2)nc2c1CNC2. The highest BCUT2D eigenvalue weighted by Gasteiger charge is 2.23. The summed E-state index contributed by atoms with van der Waals surface area (Å²) in [5, 5.41) is 3.87. The van der Waals surface area contributed by atoms with Gasteiger partial charge in [-0.25, -0.2) is 9.97 Å². The van der Waals surface area contributed by atoms with Crippen molar-refractivity contribution in [3.63, 3.8) is 0 Å². The molecule has 0 amide bonds. The average molecular weight is 240 g/mol. The van der Waals surface area contributed by atoms with Crippen LogP contribution in [0.25, 0.3) is 0 Å². The summed E-state index contributed by atoms with van der Waals surface area (Å²) < 4.78 is 5.34. The van der Waals surface area contributed by atoms with E-state index in [0.717, 1.165) is 56.2 Å². The zero-order valence-electron chi connectivity index (χ0n) is 9.00. The van der Waals surface area contributed by atoms with Crippen LogP contribution in [0.1, 0.15) is 35.8 Å². The maximum Gasteiger partial charge on any atom is 0.137 e. The number of nitrogens with one attached hydrogen (secondary N) is 1. The number of ether oxygens (including phenoxy) is 1. The minimum absolute atomic E-state index is 0.414. The van der Waals surface area contributed by atoms with E-state index in [1.807, 2.05) is 0 Å². The lowest BCUT2D eigenvalue weighted by molar-refractivity contribution is 0.0835. The maximum absolute atomic E-state index is 6.17. The molecule has 0 unspecified atom stereocenters. The summed E-state index contributed by atoms with van der Waals surface area (Å²) in [7, 11) is 0. The van der Waals surface area contributed by atoms with Crippen molar-refractivity contribution in [2.24, 2.45) is 0 Å². The summed E-state index contributed by atoms with van der Waals surface area (Å²) in [5.41, 5.74) is 2.14. The molecule has 0 spiro atoms. The Morgan fingerprint density at radius 2 is 2.00 bits per heavy atom. The molecule has 0 atom stereocenters. The molecule has 1 fully saturated rings. The lowest BCUT2D eigenvalue weighted by Crippen LogP contribution is -2.17. The monoisotopic (exact) mass is 239 g/mol. The van der Waals surface area contributed by atoms with Crippen molar-refractivity contribution in [3.05, 3.63) is 22.2 Å². The Hall–Kier alpha value is -0.710. The van der Waals surface area contributed by atoms with Crippen molar-refractivity contribution >= 4 is 11.6 Å². The van der Waals surface area contributed by atoms with Crippen LogP contribution >= 0.6 is 11.6 Å². The van der Waals surface area contributed by atoms with E-state index in [-0.39, 0.29) is 0 Å². The molecule has 2 aliphatic heterocycles. The second-order valence-electron chi connectivity index (χ2n) is 4.29. The third-order valence-corrected chi connectivity index (χ3v) is 3.55. The Labute approximate surface area is 99.4 Å². The van der Waals surface area contributed by atoms with E-state index in [9.17, 15) is 0 Å². The van der Waals surface area contributed by atoms with E-state index in [4.69, 9.17) is 16.3 Å². The van der Waals surface area contributed by atoms with Gasteiger partial charge in [-0.3, -0.25) is 0 Å². The molecule has 1 N–H and O–H groups in total. The molecular formula is C11H14ClN3O. The van der Waals surface area contributed by atoms with Crippen molar-refractivity contribution in [2.45, 2.75) is 31.8 Å². The molecule has 3 rings (SSSR count). The number of aromatic nitrogens is 2. The Bertz CT molecular complexity index is 404. The molecular weight excluding hydrogens is 226 g/mol. The Morgan fingerprint density at radius 1 is 1.19 bits per heavy atom. The molecule has 0 aromatic carbocycles. The van der Waals surface area contributed by atoms with Crippen LogP contribution in [0.2, 0.25) is 5.15 Å². The van der Waals surface area contributed by atoms with Crippen molar-refractivity contribution in [1.29, 1.82) is 0 Å². The first kappa shape index (κ1) is 10.4. The summed E-state index contributed by atoms with van der Waals surface area (Å²) in [4.78, 5) is 9.05. The minimum atomic E-state index is 0.414. The van der Waals surface area contributed by atoms with Crippen molar-refractivity contribution in [3.8, 4) is 0 Å². The van der Waals surface area contributed by atoms with E-state index in [1.54, 1.807) is 0 Å². The summed E-state index contributed by atoms with van der Waals surface area (Å²) in [6.45, 7) is 3.22. The summed E-state index contributed by atoms with van der Waals surface area (Å²) in [6, 6.07) is 0. The predicted molar refractivity (Wildman–Crippen MR) is 60.4 cm³/mol. The molecule has 5 heteroatoms. The lowest BCUT2D eigenvalue weighted by atomic mass is 9.99. The standard InChI is InChI=1S/C11H14ClN3O/c12-10-8-5-13-6-9(8)14-11(15-10)7-1-3-16-4-2-7/h7,13H,1-6H2. The summed E-state index contributed by atoms with van der Waals surface area (Å²) in [5.74, 6) is 1.31. The second kappa shape index (κ2) is 4.28. The zero-order chi connectivity index (χ0) is 11.0. The van der Waals surface area contributed by atoms with Gasteiger partial charge in [0.15, 0.2) is 0 Å². The Balaban J connectivity index is 1.92. The molecule has 0 radical (unpaired) electrons. The third kappa shape index (κ3) is 1.81. The summed E-state index contributed by atoms with van der Waals surface area (Å²) >= 11 is 6.17. The Kier molecular flexibility index (Phi) is 2.79. The quantitative estimate of drug-likeness (QED) is 0.757. The predicted octanol–water partition coefficient (Wildman–Crippen LogP) is 1.63. The fraction of sp³-hybridized carbons (Fsp3) is 0.636. The lowest BCUT2D eigenvalue weighted by Gasteiger charge is -2.21. The highest BCUT2D eigenvalue weighted by atomic mass is 35.5. The van der Waals surface area contributed by atoms with Gasteiger partial charge in [-0.2, -0.15) is 0 Å². The number of nitrogens with zero attached hydrogens (tertiary/aromatic N) is 2. The number of hydrogen-bond donors (Lipinski definition) is 1. The van der Waals surface area contributed by atoms with E-state index >= 15 is 0 Å². The highest BCUT2D eigenvalue weighted by Crippen LogP contribution is 2.28. The first-order valence-corrected chi connectivity index (χ1v) is 6.06. The first-order valence-electron chi connectivity index (χ1n) is 5.68. The van der Waals surface area contributed by atoms with Gasteiger partial charge in [0.2, 0.25) is 0 Å². The fourth-order valence-electron chi connectivity index (χ4n) is 2.28.